The van der Waals surface area contributed by atoms with E-state index in [0.29, 0.717) is 17.8 Å². The summed E-state index contributed by atoms with van der Waals surface area (Å²) >= 11 is 0. The highest BCUT2D eigenvalue weighted by Gasteiger charge is 2.10. The standard InChI is InChI=1S/C13H26O2/c1-11(10-12(14)15)8-6-5-7-9-13(2,3)4/h11H,5-10H2,1-4H3,(H,14,15). The van der Waals surface area contributed by atoms with Gasteiger partial charge in [-0.2, -0.15) is 0 Å². The average Bonchev–Trinajstić information content (AvgIpc) is 1.99. The molecule has 0 amide bonds. The first-order valence-electron chi connectivity index (χ1n) is 6.03. The molecule has 0 aromatic rings. The molecule has 0 aliphatic heterocycles. The highest BCUT2D eigenvalue weighted by Crippen LogP contribution is 2.23. The summed E-state index contributed by atoms with van der Waals surface area (Å²) in [5, 5.41) is 8.59. The maximum atomic E-state index is 10.4. The van der Waals surface area contributed by atoms with Crippen LogP contribution in [0.15, 0.2) is 0 Å². The van der Waals surface area contributed by atoms with Gasteiger partial charge in [-0.1, -0.05) is 53.4 Å². The smallest absolute Gasteiger partial charge is 0.303 e. The van der Waals surface area contributed by atoms with Crippen molar-refractivity contribution in [2.24, 2.45) is 11.3 Å². The first-order chi connectivity index (χ1) is 6.81. The topological polar surface area (TPSA) is 37.3 Å². The highest BCUT2D eigenvalue weighted by atomic mass is 16.4. The van der Waals surface area contributed by atoms with Gasteiger partial charge in [0.05, 0.1) is 0 Å². The third-order valence-corrected chi connectivity index (χ3v) is 2.65. The lowest BCUT2D eigenvalue weighted by Gasteiger charge is -2.17. The van der Waals surface area contributed by atoms with Gasteiger partial charge in [-0.3, -0.25) is 4.79 Å². The van der Waals surface area contributed by atoms with Gasteiger partial charge in [0, 0.05) is 6.42 Å². The zero-order chi connectivity index (χ0) is 11.9. The third-order valence-electron chi connectivity index (χ3n) is 2.65. The lowest BCUT2D eigenvalue weighted by molar-refractivity contribution is -0.138. The van der Waals surface area contributed by atoms with Crippen molar-refractivity contribution in [1.82, 2.24) is 0 Å². The Morgan fingerprint density at radius 2 is 1.80 bits per heavy atom. The van der Waals surface area contributed by atoms with E-state index in [-0.39, 0.29) is 0 Å². The van der Waals surface area contributed by atoms with Crippen molar-refractivity contribution in [1.29, 1.82) is 0 Å². The van der Waals surface area contributed by atoms with Crippen molar-refractivity contribution in [3.05, 3.63) is 0 Å². The lowest BCUT2D eigenvalue weighted by Crippen LogP contribution is -2.05. The number of aliphatic carboxylic acids is 1. The van der Waals surface area contributed by atoms with E-state index in [9.17, 15) is 4.79 Å². The summed E-state index contributed by atoms with van der Waals surface area (Å²) in [6, 6.07) is 0. The molecule has 0 spiro atoms. The van der Waals surface area contributed by atoms with Crippen LogP contribution in [0, 0.1) is 11.3 Å². The predicted octanol–water partition coefficient (Wildman–Crippen LogP) is 4.09. The Kier molecular flexibility index (Phi) is 6.62. The van der Waals surface area contributed by atoms with Crippen LogP contribution < -0.4 is 0 Å². The summed E-state index contributed by atoms with van der Waals surface area (Å²) in [6.07, 6.45) is 6.31. The van der Waals surface area contributed by atoms with Crippen LogP contribution in [0.2, 0.25) is 0 Å². The Hall–Kier alpha value is -0.530. The molecule has 0 aliphatic carbocycles. The summed E-state index contributed by atoms with van der Waals surface area (Å²) in [5.74, 6) is -0.339. The molecule has 0 rings (SSSR count). The molecule has 1 atom stereocenters. The van der Waals surface area contributed by atoms with Gasteiger partial charge in [-0.15, -0.1) is 0 Å². The highest BCUT2D eigenvalue weighted by molar-refractivity contribution is 5.66. The van der Waals surface area contributed by atoms with Crippen molar-refractivity contribution in [2.45, 2.75) is 66.2 Å². The summed E-state index contributed by atoms with van der Waals surface area (Å²) < 4.78 is 0. The molecule has 15 heavy (non-hydrogen) atoms. The van der Waals surface area contributed by atoms with Crippen LogP contribution in [0.4, 0.5) is 0 Å². The second-order valence-electron chi connectivity index (χ2n) is 5.86. The molecule has 0 aromatic carbocycles. The molecule has 0 saturated carbocycles. The van der Waals surface area contributed by atoms with Crippen LogP contribution in [-0.2, 0) is 4.79 Å². The molecule has 0 saturated heterocycles. The molecule has 2 nitrogen and oxygen atoms in total. The summed E-state index contributed by atoms with van der Waals surface area (Å²) in [5.41, 5.74) is 0.437. The van der Waals surface area contributed by atoms with Gasteiger partial charge in [0.1, 0.15) is 0 Å². The van der Waals surface area contributed by atoms with E-state index in [0.717, 1.165) is 6.42 Å². The zero-order valence-corrected chi connectivity index (χ0v) is 10.7. The Balaban J connectivity index is 3.35. The van der Waals surface area contributed by atoms with Gasteiger partial charge in [0.15, 0.2) is 0 Å². The number of carboxylic acids is 1. The molecular formula is C13H26O2. The predicted molar refractivity (Wildman–Crippen MR) is 64.0 cm³/mol. The van der Waals surface area contributed by atoms with E-state index < -0.39 is 5.97 Å². The number of unbranched alkanes of at least 4 members (excludes halogenated alkanes) is 2. The molecule has 0 aromatic heterocycles. The minimum Gasteiger partial charge on any atom is -0.481 e. The molecule has 0 radical (unpaired) electrons. The fourth-order valence-corrected chi connectivity index (χ4v) is 1.73. The van der Waals surface area contributed by atoms with E-state index in [1.807, 2.05) is 6.92 Å². The van der Waals surface area contributed by atoms with Gasteiger partial charge in [-0.25, -0.2) is 0 Å². The van der Waals surface area contributed by atoms with Crippen LogP contribution >= 0.6 is 0 Å². The minimum absolute atomic E-state index is 0.319. The molecule has 1 N–H and O–H groups in total. The van der Waals surface area contributed by atoms with Crippen LogP contribution in [0.1, 0.15) is 66.2 Å². The second kappa shape index (κ2) is 6.86. The number of rotatable bonds is 7. The maximum absolute atomic E-state index is 10.4. The second-order valence-corrected chi connectivity index (χ2v) is 5.86. The Morgan fingerprint density at radius 1 is 1.20 bits per heavy atom. The van der Waals surface area contributed by atoms with Crippen LogP contribution in [0.3, 0.4) is 0 Å². The SMILES string of the molecule is CC(CCCCCC(C)(C)C)CC(=O)O. The van der Waals surface area contributed by atoms with Crippen molar-refractivity contribution in [3.8, 4) is 0 Å². The van der Waals surface area contributed by atoms with Crippen LogP contribution in [0.25, 0.3) is 0 Å². The number of hydrogen-bond acceptors (Lipinski definition) is 1. The van der Waals surface area contributed by atoms with Crippen molar-refractivity contribution < 1.29 is 9.90 Å². The Morgan fingerprint density at radius 3 is 2.27 bits per heavy atom. The molecular weight excluding hydrogens is 188 g/mol. The van der Waals surface area contributed by atoms with Crippen molar-refractivity contribution in [2.75, 3.05) is 0 Å². The molecule has 0 bridgehead atoms. The average molecular weight is 214 g/mol. The first kappa shape index (κ1) is 14.5. The maximum Gasteiger partial charge on any atom is 0.303 e. The van der Waals surface area contributed by atoms with E-state index in [2.05, 4.69) is 20.8 Å². The first-order valence-corrected chi connectivity index (χ1v) is 6.03. The summed E-state index contributed by atoms with van der Waals surface area (Å²) in [4.78, 5) is 10.4. The Labute approximate surface area is 94.1 Å². The van der Waals surface area contributed by atoms with Crippen molar-refractivity contribution in [3.63, 3.8) is 0 Å². The zero-order valence-electron chi connectivity index (χ0n) is 10.7. The monoisotopic (exact) mass is 214 g/mol. The lowest BCUT2D eigenvalue weighted by atomic mass is 9.89. The normalized spacial score (nSPS) is 13.9. The van der Waals surface area contributed by atoms with Crippen molar-refractivity contribution >= 4 is 5.97 Å². The van der Waals surface area contributed by atoms with E-state index >= 15 is 0 Å². The molecule has 1 unspecified atom stereocenters. The molecule has 90 valence electrons. The molecule has 0 heterocycles. The number of carboxylic acid groups (broad SMARTS) is 1. The third kappa shape index (κ3) is 11.4. The number of carbonyl (C=O) groups is 1. The van der Waals surface area contributed by atoms with Crippen LogP contribution in [-0.4, -0.2) is 11.1 Å². The number of hydrogen-bond donors (Lipinski definition) is 1. The fraction of sp³-hybridized carbons (Fsp3) is 0.923. The van der Waals surface area contributed by atoms with E-state index in [1.165, 1.54) is 25.7 Å². The summed E-state index contributed by atoms with van der Waals surface area (Å²) in [6.45, 7) is 8.82. The summed E-state index contributed by atoms with van der Waals surface area (Å²) in [7, 11) is 0. The van der Waals surface area contributed by atoms with E-state index in [1.54, 1.807) is 0 Å². The van der Waals surface area contributed by atoms with E-state index in [4.69, 9.17) is 5.11 Å². The van der Waals surface area contributed by atoms with Gasteiger partial charge in [0.2, 0.25) is 0 Å². The molecule has 0 fully saturated rings. The Bertz CT molecular complexity index is 179. The minimum atomic E-state index is -0.669. The quantitative estimate of drug-likeness (QED) is 0.648. The fourth-order valence-electron chi connectivity index (χ4n) is 1.73. The van der Waals surface area contributed by atoms with Gasteiger partial charge >= 0.3 is 5.97 Å². The van der Waals surface area contributed by atoms with Gasteiger partial charge in [0.25, 0.3) is 0 Å². The van der Waals surface area contributed by atoms with Gasteiger partial charge in [-0.05, 0) is 17.8 Å². The molecule has 2 heteroatoms. The molecule has 0 aliphatic rings. The largest absolute Gasteiger partial charge is 0.481 e. The van der Waals surface area contributed by atoms with Crippen LogP contribution in [0.5, 0.6) is 0 Å². The van der Waals surface area contributed by atoms with Gasteiger partial charge < -0.3 is 5.11 Å².